The second kappa shape index (κ2) is 6.55. The highest BCUT2D eigenvalue weighted by atomic mass is 16.3. The van der Waals surface area contributed by atoms with E-state index >= 15 is 0 Å². The molecule has 1 aromatic carbocycles. The number of rotatable bonds is 2. The van der Waals surface area contributed by atoms with Gasteiger partial charge in [0.2, 0.25) is 0 Å². The monoisotopic (exact) mass is 378 g/mol. The number of aromatic nitrogens is 2. The average Bonchev–Trinajstić information content (AvgIpc) is 3.11. The van der Waals surface area contributed by atoms with Crippen LogP contribution < -0.4 is 0 Å². The van der Waals surface area contributed by atoms with E-state index in [1.54, 1.807) is 12.3 Å². The molecule has 4 aliphatic rings. The summed E-state index contributed by atoms with van der Waals surface area (Å²) < 4.78 is 0. The van der Waals surface area contributed by atoms with E-state index in [-0.39, 0.29) is 23.6 Å². The second-order valence-corrected chi connectivity index (χ2v) is 8.43. The van der Waals surface area contributed by atoms with Crippen molar-refractivity contribution in [1.29, 1.82) is 0 Å². The van der Waals surface area contributed by atoms with Gasteiger partial charge in [-0.1, -0.05) is 12.1 Å². The number of aryl methyl sites for hydroxylation is 2. The number of carbonyl (C=O) groups excluding carboxylic acids is 1. The molecule has 2 bridgehead atoms. The Bertz CT molecular complexity index is 923. The number of phenolic OH excluding ortho intramolecular Hbond substituents is 1. The van der Waals surface area contributed by atoms with Gasteiger partial charge in [-0.15, -0.1) is 0 Å². The summed E-state index contributed by atoms with van der Waals surface area (Å²) in [5, 5.41) is 10.0. The van der Waals surface area contributed by atoms with E-state index in [0.29, 0.717) is 29.9 Å². The zero-order chi connectivity index (χ0) is 19.4. The van der Waals surface area contributed by atoms with Crippen LogP contribution in [0.15, 0.2) is 30.5 Å². The van der Waals surface area contributed by atoms with Crippen LogP contribution in [0.25, 0.3) is 0 Å². The van der Waals surface area contributed by atoms with Crippen molar-refractivity contribution in [1.82, 2.24) is 19.8 Å². The summed E-state index contributed by atoms with van der Waals surface area (Å²) in [5.41, 5.74) is 2.48. The number of fused-ring (bicyclic) bond motifs is 2. The molecule has 6 nitrogen and oxygen atoms in total. The van der Waals surface area contributed by atoms with Crippen LogP contribution in [0.5, 0.6) is 5.75 Å². The Labute approximate surface area is 165 Å². The number of hydrogen-bond acceptors (Lipinski definition) is 5. The van der Waals surface area contributed by atoms with E-state index in [1.807, 2.05) is 26.0 Å². The Morgan fingerprint density at radius 1 is 1.18 bits per heavy atom. The summed E-state index contributed by atoms with van der Waals surface area (Å²) in [7, 11) is 0. The van der Waals surface area contributed by atoms with E-state index in [4.69, 9.17) is 0 Å². The molecule has 1 amide bonds. The first-order valence-corrected chi connectivity index (χ1v) is 10.2. The van der Waals surface area contributed by atoms with Crippen molar-refractivity contribution in [2.75, 3.05) is 19.6 Å². The molecule has 0 unspecified atom stereocenters. The van der Waals surface area contributed by atoms with Crippen molar-refractivity contribution in [2.24, 2.45) is 5.92 Å². The topological polar surface area (TPSA) is 69.6 Å². The standard InChI is InChI=1S/C22H26N4O2/c1-13-18(11-23-14(2)24-13)22(28)26-12-19(16-4-3-5-17(27)10-16)21-20(26)15-6-8-25(21)9-7-15/h3-5,10-11,15,19-21,27H,6-9,12H2,1-2H3/t19-,20+,21+/m1/s1. The predicted octanol–water partition coefficient (Wildman–Crippen LogP) is 2.50. The van der Waals surface area contributed by atoms with Crippen LogP contribution in [0.3, 0.4) is 0 Å². The number of phenols is 1. The fraction of sp³-hybridized carbons (Fsp3) is 0.500. The predicted molar refractivity (Wildman–Crippen MR) is 105 cm³/mol. The molecule has 4 fully saturated rings. The minimum absolute atomic E-state index is 0.0453. The molecule has 5 heterocycles. The molecule has 4 aliphatic heterocycles. The number of carbonyl (C=O) groups is 1. The van der Waals surface area contributed by atoms with Crippen LogP contribution in [0.4, 0.5) is 0 Å². The fourth-order valence-corrected chi connectivity index (χ4v) is 5.65. The van der Waals surface area contributed by atoms with Gasteiger partial charge >= 0.3 is 0 Å². The smallest absolute Gasteiger partial charge is 0.257 e. The molecule has 3 atom stereocenters. The van der Waals surface area contributed by atoms with E-state index in [1.165, 1.54) is 0 Å². The zero-order valence-electron chi connectivity index (χ0n) is 16.4. The molecule has 0 aliphatic carbocycles. The van der Waals surface area contributed by atoms with Gasteiger partial charge in [0.25, 0.3) is 5.91 Å². The summed E-state index contributed by atoms with van der Waals surface area (Å²) in [6.45, 7) is 6.63. The van der Waals surface area contributed by atoms with Gasteiger partial charge < -0.3 is 10.0 Å². The maximum Gasteiger partial charge on any atom is 0.257 e. The minimum atomic E-state index is 0.0453. The molecule has 0 radical (unpaired) electrons. The maximum atomic E-state index is 13.5. The molecule has 1 N–H and O–H groups in total. The van der Waals surface area contributed by atoms with Crippen LogP contribution in [0.1, 0.15) is 46.2 Å². The molecule has 2 aromatic rings. The van der Waals surface area contributed by atoms with Crippen LogP contribution in [-0.2, 0) is 0 Å². The first kappa shape index (κ1) is 17.6. The quantitative estimate of drug-likeness (QED) is 0.870. The number of aromatic hydroxyl groups is 1. The zero-order valence-corrected chi connectivity index (χ0v) is 16.4. The third kappa shape index (κ3) is 2.70. The maximum absolute atomic E-state index is 13.5. The van der Waals surface area contributed by atoms with Gasteiger partial charge in [0.05, 0.1) is 17.3 Å². The highest BCUT2D eigenvalue weighted by Crippen LogP contribution is 2.47. The summed E-state index contributed by atoms with van der Waals surface area (Å²) in [4.78, 5) is 26.8. The van der Waals surface area contributed by atoms with Gasteiger partial charge in [-0.3, -0.25) is 9.69 Å². The molecule has 146 valence electrons. The number of amides is 1. The van der Waals surface area contributed by atoms with Gasteiger partial charge in [-0.25, -0.2) is 9.97 Å². The largest absolute Gasteiger partial charge is 0.508 e. The molecule has 6 heteroatoms. The molecule has 6 rings (SSSR count). The second-order valence-electron chi connectivity index (χ2n) is 8.43. The number of piperidine rings is 3. The fourth-order valence-electron chi connectivity index (χ4n) is 5.65. The van der Waals surface area contributed by atoms with Crippen molar-refractivity contribution in [3.63, 3.8) is 0 Å². The molecular weight excluding hydrogens is 352 g/mol. The third-order valence-corrected chi connectivity index (χ3v) is 6.88. The lowest BCUT2D eigenvalue weighted by molar-refractivity contribution is -0.00346. The van der Waals surface area contributed by atoms with Gasteiger partial charge in [-0.2, -0.15) is 0 Å². The van der Waals surface area contributed by atoms with E-state index in [2.05, 4.69) is 25.8 Å². The van der Waals surface area contributed by atoms with Gasteiger partial charge in [-0.05, 0) is 63.4 Å². The Kier molecular flexibility index (Phi) is 4.12. The number of likely N-dealkylation sites (tertiary alicyclic amines) is 1. The number of benzene rings is 1. The van der Waals surface area contributed by atoms with E-state index in [9.17, 15) is 9.90 Å². The number of nitrogens with zero attached hydrogens (tertiary/aromatic N) is 4. The lowest BCUT2D eigenvalue weighted by atomic mass is 9.75. The lowest BCUT2D eigenvalue weighted by Gasteiger charge is -2.51. The summed E-state index contributed by atoms with van der Waals surface area (Å²) in [5.74, 6) is 1.79. The highest BCUT2D eigenvalue weighted by Gasteiger charge is 2.54. The summed E-state index contributed by atoms with van der Waals surface area (Å²) in [6.07, 6.45) is 3.99. The summed E-state index contributed by atoms with van der Waals surface area (Å²) >= 11 is 0. The van der Waals surface area contributed by atoms with Crippen molar-refractivity contribution < 1.29 is 9.90 Å². The molecule has 1 aromatic heterocycles. The third-order valence-electron chi connectivity index (χ3n) is 6.88. The number of hydrogen-bond donors (Lipinski definition) is 1. The van der Waals surface area contributed by atoms with Crippen LogP contribution >= 0.6 is 0 Å². The molecule has 0 spiro atoms. The van der Waals surface area contributed by atoms with Crippen molar-refractivity contribution in [3.05, 3.63) is 53.1 Å². The minimum Gasteiger partial charge on any atom is -0.508 e. The molecular formula is C22H26N4O2. The Morgan fingerprint density at radius 2 is 1.96 bits per heavy atom. The van der Waals surface area contributed by atoms with Gasteiger partial charge in [0.1, 0.15) is 11.6 Å². The Morgan fingerprint density at radius 3 is 2.68 bits per heavy atom. The molecule has 4 saturated heterocycles. The Hall–Kier alpha value is -2.47. The normalized spacial score (nSPS) is 31.1. The van der Waals surface area contributed by atoms with Crippen LogP contribution in [0, 0.1) is 19.8 Å². The van der Waals surface area contributed by atoms with Gasteiger partial charge in [0.15, 0.2) is 0 Å². The van der Waals surface area contributed by atoms with Gasteiger partial charge in [0, 0.05) is 24.7 Å². The van der Waals surface area contributed by atoms with Crippen LogP contribution in [0.2, 0.25) is 0 Å². The average molecular weight is 378 g/mol. The van der Waals surface area contributed by atoms with Crippen molar-refractivity contribution in [2.45, 2.75) is 44.7 Å². The van der Waals surface area contributed by atoms with Crippen molar-refractivity contribution >= 4 is 5.91 Å². The summed E-state index contributed by atoms with van der Waals surface area (Å²) in [6, 6.07) is 8.10. The molecule has 0 saturated carbocycles. The Balaban J connectivity index is 1.54. The SMILES string of the molecule is Cc1ncc(C(=O)N2C[C@H](c3cccc(O)c3)[C@H]3[C@@H]2C2CCN3CC2)c(C)n1. The molecule has 28 heavy (non-hydrogen) atoms. The first-order valence-electron chi connectivity index (χ1n) is 10.2. The van der Waals surface area contributed by atoms with Crippen molar-refractivity contribution in [3.8, 4) is 5.75 Å². The van der Waals surface area contributed by atoms with Crippen LogP contribution in [-0.4, -0.2) is 62.5 Å². The van der Waals surface area contributed by atoms with E-state index in [0.717, 1.165) is 37.2 Å². The lowest BCUT2D eigenvalue weighted by Crippen LogP contribution is -2.60. The van der Waals surface area contributed by atoms with E-state index < -0.39 is 0 Å². The highest BCUT2D eigenvalue weighted by molar-refractivity contribution is 5.95. The first-order chi connectivity index (χ1) is 13.5.